The second-order valence-electron chi connectivity index (χ2n) is 4.09. The van der Waals surface area contributed by atoms with Crippen LogP contribution in [0.15, 0.2) is 0 Å². The average molecular weight is 217 g/mol. The van der Waals surface area contributed by atoms with Crippen LogP contribution in [0.25, 0.3) is 0 Å². The lowest BCUT2D eigenvalue weighted by molar-refractivity contribution is -0.164. The molecule has 1 atom stereocenters. The number of hydrogen-bond donors (Lipinski definition) is 2. The number of carbonyl (C=O) groups is 2. The number of esters is 1. The predicted octanol–water partition coefficient (Wildman–Crippen LogP) is 1.11. The van der Waals surface area contributed by atoms with Crippen LogP contribution in [0.3, 0.4) is 0 Å². The lowest BCUT2D eigenvalue weighted by Crippen LogP contribution is -2.45. The maximum Gasteiger partial charge on any atom is 0.321 e. The molecule has 0 aromatic rings. The maximum atomic E-state index is 11.6. The first kappa shape index (κ1) is 13.9. The van der Waals surface area contributed by atoms with Gasteiger partial charge < -0.3 is 4.74 Å². The molecule has 1 unspecified atom stereocenters. The van der Waals surface area contributed by atoms with Gasteiger partial charge in [0.15, 0.2) is 0 Å². The third kappa shape index (κ3) is 3.51. The molecule has 0 radical (unpaired) electrons. The first-order chi connectivity index (χ1) is 6.88. The number of nitrogens with one attached hydrogen (secondary N) is 1. The zero-order chi connectivity index (χ0) is 12.1. The molecule has 0 spiro atoms. The normalized spacial score (nSPS) is 14.5. The van der Waals surface area contributed by atoms with Gasteiger partial charge in [0.05, 0.1) is 6.61 Å². The Balaban J connectivity index is 4.84. The van der Waals surface area contributed by atoms with Gasteiger partial charge in [-0.05, 0) is 26.2 Å². The summed E-state index contributed by atoms with van der Waals surface area (Å²) in [4.78, 5) is 23.0. The Morgan fingerprint density at radius 2 is 2.00 bits per heavy atom. The van der Waals surface area contributed by atoms with Crippen molar-refractivity contribution in [3.05, 3.63) is 0 Å². The Hall–Kier alpha value is -1.10. The van der Waals surface area contributed by atoms with E-state index in [4.69, 9.17) is 9.94 Å². The van der Waals surface area contributed by atoms with Gasteiger partial charge in [-0.2, -0.15) is 0 Å². The van der Waals surface area contributed by atoms with Crippen LogP contribution in [0.2, 0.25) is 0 Å². The Labute approximate surface area is 89.8 Å². The number of carbonyl (C=O) groups excluding carboxylic acids is 2. The molecule has 5 nitrogen and oxygen atoms in total. The third-order valence-electron chi connectivity index (χ3n) is 2.15. The van der Waals surface area contributed by atoms with Crippen LogP contribution in [0.1, 0.15) is 34.1 Å². The smallest absolute Gasteiger partial charge is 0.321 e. The van der Waals surface area contributed by atoms with E-state index in [1.165, 1.54) is 12.4 Å². The molecule has 0 saturated carbocycles. The summed E-state index contributed by atoms with van der Waals surface area (Å²) in [5.41, 5.74) is 0.190. The Kier molecular flexibility index (Phi) is 5.28. The van der Waals surface area contributed by atoms with Crippen molar-refractivity contribution in [3.8, 4) is 0 Å². The van der Waals surface area contributed by atoms with Gasteiger partial charge >= 0.3 is 5.97 Å². The van der Waals surface area contributed by atoms with Crippen molar-refractivity contribution in [3.63, 3.8) is 0 Å². The van der Waals surface area contributed by atoms with Gasteiger partial charge in [0.2, 0.25) is 0 Å². The molecule has 0 aliphatic carbocycles. The van der Waals surface area contributed by atoms with Crippen molar-refractivity contribution in [2.75, 3.05) is 6.61 Å². The molecular weight excluding hydrogens is 198 g/mol. The van der Waals surface area contributed by atoms with Crippen LogP contribution in [-0.4, -0.2) is 23.7 Å². The molecular formula is C10H19NO4. The zero-order valence-corrected chi connectivity index (χ0v) is 9.66. The number of ether oxygens (including phenoxy) is 1. The first-order valence-corrected chi connectivity index (χ1v) is 5.00. The monoisotopic (exact) mass is 217 g/mol. The minimum Gasteiger partial charge on any atom is -0.465 e. The molecule has 0 aromatic carbocycles. The highest BCUT2D eigenvalue weighted by Crippen LogP contribution is 2.28. The zero-order valence-electron chi connectivity index (χ0n) is 9.66. The van der Waals surface area contributed by atoms with Crippen molar-refractivity contribution < 1.29 is 19.5 Å². The van der Waals surface area contributed by atoms with E-state index in [0.717, 1.165) is 0 Å². The Morgan fingerprint density at radius 3 is 2.33 bits per heavy atom. The molecule has 1 amide bonds. The van der Waals surface area contributed by atoms with Gasteiger partial charge in [-0.3, -0.25) is 14.8 Å². The standard InChI is InChI=1S/C10H19NO4/c1-5-15-9(13)10(4,6-7(2)3)8(12)11-14/h7,14H,5-6H2,1-4H3,(H,11,12). The molecule has 0 heterocycles. The number of rotatable bonds is 5. The molecule has 15 heavy (non-hydrogen) atoms. The number of hydrogen-bond acceptors (Lipinski definition) is 4. The molecule has 0 aliphatic heterocycles. The highest BCUT2D eigenvalue weighted by molar-refractivity contribution is 6.01. The van der Waals surface area contributed by atoms with Crippen molar-refractivity contribution >= 4 is 11.9 Å². The second-order valence-corrected chi connectivity index (χ2v) is 4.09. The van der Waals surface area contributed by atoms with E-state index in [1.54, 1.807) is 6.92 Å². The predicted molar refractivity (Wildman–Crippen MR) is 54.1 cm³/mol. The van der Waals surface area contributed by atoms with Crippen LogP contribution in [0.4, 0.5) is 0 Å². The summed E-state index contributed by atoms with van der Waals surface area (Å²) < 4.78 is 4.82. The quantitative estimate of drug-likeness (QED) is 0.313. The Morgan fingerprint density at radius 1 is 1.47 bits per heavy atom. The molecule has 5 heteroatoms. The summed E-state index contributed by atoms with van der Waals surface area (Å²) in [6, 6.07) is 0. The number of hydroxylamine groups is 1. The highest BCUT2D eigenvalue weighted by atomic mass is 16.5. The average Bonchev–Trinajstić information content (AvgIpc) is 2.15. The largest absolute Gasteiger partial charge is 0.465 e. The summed E-state index contributed by atoms with van der Waals surface area (Å²) in [6.07, 6.45) is 0.332. The topological polar surface area (TPSA) is 75.6 Å². The van der Waals surface area contributed by atoms with Crippen LogP contribution in [0.5, 0.6) is 0 Å². The van der Waals surface area contributed by atoms with E-state index in [1.807, 2.05) is 13.8 Å². The van der Waals surface area contributed by atoms with Crippen LogP contribution >= 0.6 is 0 Å². The van der Waals surface area contributed by atoms with Crippen molar-refractivity contribution in [1.82, 2.24) is 5.48 Å². The fourth-order valence-electron chi connectivity index (χ4n) is 1.50. The van der Waals surface area contributed by atoms with Crippen molar-refractivity contribution in [2.45, 2.75) is 34.1 Å². The fraction of sp³-hybridized carbons (Fsp3) is 0.800. The molecule has 0 bridgehead atoms. The summed E-state index contributed by atoms with van der Waals surface area (Å²) >= 11 is 0. The molecule has 0 fully saturated rings. The SMILES string of the molecule is CCOC(=O)C(C)(CC(C)C)C(=O)NO. The molecule has 2 N–H and O–H groups in total. The highest BCUT2D eigenvalue weighted by Gasteiger charge is 2.43. The molecule has 0 aromatic heterocycles. The van der Waals surface area contributed by atoms with Gasteiger partial charge in [0.25, 0.3) is 5.91 Å². The van der Waals surface area contributed by atoms with Crippen molar-refractivity contribution in [2.24, 2.45) is 11.3 Å². The lowest BCUT2D eigenvalue weighted by atomic mass is 9.81. The molecule has 0 aliphatic rings. The third-order valence-corrected chi connectivity index (χ3v) is 2.15. The van der Waals surface area contributed by atoms with E-state index in [-0.39, 0.29) is 12.5 Å². The van der Waals surface area contributed by atoms with Gasteiger partial charge in [-0.1, -0.05) is 13.8 Å². The molecule has 88 valence electrons. The minimum absolute atomic E-state index is 0.150. The number of amides is 1. The van der Waals surface area contributed by atoms with E-state index < -0.39 is 17.3 Å². The van der Waals surface area contributed by atoms with Crippen LogP contribution in [0, 0.1) is 11.3 Å². The minimum atomic E-state index is -1.32. The molecule has 0 rings (SSSR count). The van der Waals surface area contributed by atoms with Gasteiger partial charge in [0.1, 0.15) is 5.41 Å². The first-order valence-electron chi connectivity index (χ1n) is 5.00. The van der Waals surface area contributed by atoms with Gasteiger partial charge in [0, 0.05) is 0 Å². The fourth-order valence-corrected chi connectivity index (χ4v) is 1.50. The van der Waals surface area contributed by atoms with Crippen LogP contribution in [-0.2, 0) is 14.3 Å². The van der Waals surface area contributed by atoms with Gasteiger partial charge in [-0.15, -0.1) is 0 Å². The van der Waals surface area contributed by atoms with Gasteiger partial charge in [-0.25, -0.2) is 5.48 Å². The maximum absolute atomic E-state index is 11.6. The van der Waals surface area contributed by atoms with Crippen molar-refractivity contribution in [1.29, 1.82) is 0 Å². The lowest BCUT2D eigenvalue weighted by Gasteiger charge is -2.26. The van der Waals surface area contributed by atoms with E-state index in [2.05, 4.69) is 0 Å². The van der Waals surface area contributed by atoms with E-state index in [9.17, 15) is 9.59 Å². The second kappa shape index (κ2) is 5.70. The van der Waals surface area contributed by atoms with Crippen LogP contribution < -0.4 is 5.48 Å². The van der Waals surface area contributed by atoms with E-state index >= 15 is 0 Å². The molecule has 0 saturated heterocycles. The Bertz CT molecular complexity index is 240. The summed E-state index contributed by atoms with van der Waals surface area (Å²) in [7, 11) is 0. The van der Waals surface area contributed by atoms with E-state index in [0.29, 0.717) is 6.42 Å². The summed E-state index contributed by atoms with van der Waals surface area (Å²) in [5, 5.41) is 8.59. The summed E-state index contributed by atoms with van der Waals surface area (Å²) in [5.74, 6) is -1.18. The summed E-state index contributed by atoms with van der Waals surface area (Å²) in [6.45, 7) is 7.14.